The summed E-state index contributed by atoms with van der Waals surface area (Å²) >= 11 is 0. The van der Waals surface area contributed by atoms with Gasteiger partial charge in [0.1, 0.15) is 0 Å². The Bertz CT molecular complexity index is 736. The summed E-state index contributed by atoms with van der Waals surface area (Å²) in [6.07, 6.45) is 11.1. The van der Waals surface area contributed by atoms with E-state index in [1.807, 2.05) is 18.2 Å². The molecule has 2 aliphatic heterocycles. The molecule has 2 heterocycles. The molecule has 2 heteroatoms. The van der Waals surface area contributed by atoms with Gasteiger partial charge in [-0.1, -0.05) is 56.4 Å². The summed E-state index contributed by atoms with van der Waals surface area (Å²) in [7, 11) is 0. The van der Waals surface area contributed by atoms with Gasteiger partial charge < -0.3 is 4.90 Å². The summed E-state index contributed by atoms with van der Waals surface area (Å²) in [5, 5.41) is 0. The Morgan fingerprint density at radius 2 is 1.82 bits per heavy atom. The van der Waals surface area contributed by atoms with Gasteiger partial charge >= 0.3 is 0 Å². The van der Waals surface area contributed by atoms with E-state index in [-0.39, 0.29) is 17.4 Å². The van der Waals surface area contributed by atoms with Crippen LogP contribution in [0.1, 0.15) is 48.7 Å². The van der Waals surface area contributed by atoms with Crippen molar-refractivity contribution in [2.75, 3.05) is 6.54 Å². The molecule has 2 nitrogen and oxygen atoms in total. The number of benzene rings is 1. The van der Waals surface area contributed by atoms with Gasteiger partial charge in [0.25, 0.3) is 5.91 Å². The van der Waals surface area contributed by atoms with Gasteiger partial charge in [0.2, 0.25) is 0 Å². The molecule has 0 aromatic heterocycles. The van der Waals surface area contributed by atoms with Crippen LogP contribution in [0, 0.1) is 5.41 Å². The predicted molar refractivity (Wildman–Crippen MR) is 88.5 cm³/mol. The van der Waals surface area contributed by atoms with Crippen molar-refractivity contribution in [1.82, 2.24) is 4.90 Å². The molecule has 4 rings (SSSR count). The fraction of sp³-hybridized carbons (Fsp3) is 0.350. The fourth-order valence-electron chi connectivity index (χ4n) is 3.71. The molecule has 1 unspecified atom stereocenters. The minimum absolute atomic E-state index is 0.0869. The molecule has 1 atom stereocenters. The molecular formula is C20H21NO. The van der Waals surface area contributed by atoms with Gasteiger partial charge in [-0.25, -0.2) is 0 Å². The number of fused-ring (bicyclic) bond motifs is 3. The third kappa shape index (κ3) is 2.06. The number of allylic oxidation sites excluding steroid dienone is 4. The first-order chi connectivity index (χ1) is 10.6. The zero-order valence-electron chi connectivity index (χ0n) is 13.2. The highest BCUT2D eigenvalue weighted by molar-refractivity contribution is 5.99. The van der Waals surface area contributed by atoms with Crippen LogP contribution < -0.4 is 0 Å². The number of carbonyl (C=O) groups is 1. The van der Waals surface area contributed by atoms with Gasteiger partial charge in [-0.15, -0.1) is 0 Å². The molecule has 0 N–H and O–H groups in total. The molecule has 112 valence electrons. The van der Waals surface area contributed by atoms with Crippen LogP contribution in [0.4, 0.5) is 0 Å². The van der Waals surface area contributed by atoms with Gasteiger partial charge in [-0.05, 0) is 35.6 Å². The smallest absolute Gasteiger partial charge is 0.255 e. The SMILES string of the molecule is CC1(C)C=CC2=C(C=C1)CN1C(=O)c3ccccc3C1CC2. The minimum atomic E-state index is 0.0869. The highest BCUT2D eigenvalue weighted by atomic mass is 16.2. The van der Waals surface area contributed by atoms with Crippen molar-refractivity contribution < 1.29 is 4.79 Å². The van der Waals surface area contributed by atoms with E-state index in [4.69, 9.17) is 0 Å². The van der Waals surface area contributed by atoms with Crippen LogP contribution in [0.15, 0.2) is 59.7 Å². The average Bonchev–Trinajstić information content (AvgIpc) is 2.65. The summed E-state index contributed by atoms with van der Waals surface area (Å²) < 4.78 is 0. The van der Waals surface area contributed by atoms with Crippen molar-refractivity contribution in [2.45, 2.75) is 32.7 Å². The monoisotopic (exact) mass is 291 g/mol. The third-order valence-corrected chi connectivity index (χ3v) is 5.06. The highest BCUT2D eigenvalue weighted by Crippen LogP contribution is 2.41. The second-order valence-corrected chi connectivity index (χ2v) is 7.11. The molecule has 1 aromatic carbocycles. The van der Waals surface area contributed by atoms with Crippen molar-refractivity contribution in [3.63, 3.8) is 0 Å². The van der Waals surface area contributed by atoms with Crippen LogP contribution in [0.2, 0.25) is 0 Å². The molecule has 0 spiro atoms. The second kappa shape index (κ2) is 4.70. The summed E-state index contributed by atoms with van der Waals surface area (Å²) in [4.78, 5) is 14.8. The maximum absolute atomic E-state index is 12.7. The molecule has 0 bridgehead atoms. The van der Waals surface area contributed by atoms with E-state index < -0.39 is 0 Å². The first-order valence-electron chi connectivity index (χ1n) is 8.05. The van der Waals surface area contributed by atoms with Crippen LogP contribution in [0.3, 0.4) is 0 Å². The molecule has 0 radical (unpaired) electrons. The van der Waals surface area contributed by atoms with Crippen molar-refractivity contribution in [3.8, 4) is 0 Å². The number of rotatable bonds is 0. The van der Waals surface area contributed by atoms with Gasteiger partial charge in [0.15, 0.2) is 0 Å². The van der Waals surface area contributed by atoms with E-state index in [1.165, 1.54) is 16.7 Å². The lowest BCUT2D eigenvalue weighted by atomic mass is 9.92. The summed E-state index contributed by atoms with van der Waals surface area (Å²) in [6.45, 7) is 5.16. The Kier molecular flexibility index (Phi) is 2.90. The van der Waals surface area contributed by atoms with Crippen molar-refractivity contribution in [1.29, 1.82) is 0 Å². The number of carbonyl (C=O) groups excluding carboxylic acids is 1. The van der Waals surface area contributed by atoms with Crippen LogP contribution in [0.5, 0.6) is 0 Å². The molecule has 0 fully saturated rings. The van der Waals surface area contributed by atoms with Crippen molar-refractivity contribution in [3.05, 3.63) is 70.8 Å². The first-order valence-corrected chi connectivity index (χ1v) is 8.05. The largest absolute Gasteiger partial charge is 0.327 e. The Morgan fingerprint density at radius 1 is 1.09 bits per heavy atom. The van der Waals surface area contributed by atoms with Crippen LogP contribution >= 0.6 is 0 Å². The molecule has 0 saturated heterocycles. The maximum atomic E-state index is 12.7. The number of nitrogens with zero attached hydrogens (tertiary/aromatic N) is 1. The molecular weight excluding hydrogens is 270 g/mol. The van der Waals surface area contributed by atoms with Gasteiger partial charge in [0, 0.05) is 17.5 Å². The Labute approximate surface area is 131 Å². The third-order valence-electron chi connectivity index (χ3n) is 5.06. The molecule has 0 saturated carbocycles. The topological polar surface area (TPSA) is 20.3 Å². The van der Waals surface area contributed by atoms with E-state index >= 15 is 0 Å². The minimum Gasteiger partial charge on any atom is -0.327 e. The fourth-order valence-corrected chi connectivity index (χ4v) is 3.71. The number of hydrogen-bond donors (Lipinski definition) is 0. The normalized spacial score (nSPS) is 25.5. The van der Waals surface area contributed by atoms with E-state index in [2.05, 4.69) is 49.1 Å². The standard InChI is InChI=1S/C20H21NO/c1-20(2)11-9-14-7-8-18-16-5-3-4-6-17(16)19(22)21(18)13-15(14)10-12-20/h3-6,9-12,18H,7-8,13H2,1-2H3. The molecule has 22 heavy (non-hydrogen) atoms. The molecule has 3 aliphatic rings. The Balaban J connectivity index is 1.72. The summed E-state index contributed by atoms with van der Waals surface area (Å²) in [6, 6.07) is 8.33. The number of amides is 1. The summed E-state index contributed by atoms with van der Waals surface area (Å²) in [5.41, 5.74) is 4.87. The van der Waals surface area contributed by atoms with Crippen molar-refractivity contribution in [2.24, 2.45) is 5.41 Å². The van der Waals surface area contributed by atoms with Crippen LogP contribution in [0.25, 0.3) is 0 Å². The highest BCUT2D eigenvalue weighted by Gasteiger charge is 2.38. The van der Waals surface area contributed by atoms with E-state index in [0.717, 1.165) is 24.9 Å². The van der Waals surface area contributed by atoms with E-state index in [1.54, 1.807) is 0 Å². The predicted octanol–water partition coefficient (Wildman–Crippen LogP) is 4.43. The number of hydrogen-bond acceptors (Lipinski definition) is 1. The van der Waals surface area contributed by atoms with Crippen LogP contribution in [-0.4, -0.2) is 17.4 Å². The lowest BCUT2D eigenvalue weighted by molar-refractivity contribution is 0.0743. The quantitative estimate of drug-likeness (QED) is 0.692. The molecule has 1 amide bonds. The van der Waals surface area contributed by atoms with E-state index in [0.29, 0.717) is 0 Å². The van der Waals surface area contributed by atoms with Crippen LogP contribution in [-0.2, 0) is 0 Å². The molecule has 1 aromatic rings. The summed E-state index contributed by atoms with van der Waals surface area (Å²) in [5.74, 6) is 0.190. The molecule has 1 aliphatic carbocycles. The zero-order chi connectivity index (χ0) is 15.3. The zero-order valence-corrected chi connectivity index (χ0v) is 13.2. The Hall–Kier alpha value is -2.09. The van der Waals surface area contributed by atoms with Gasteiger partial charge in [0.05, 0.1) is 6.04 Å². The van der Waals surface area contributed by atoms with Gasteiger partial charge in [-0.3, -0.25) is 4.79 Å². The average molecular weight is 291 g/mol. The maximum Gasteiger partial charge on any atom is 0.255 e. The van der Waals surface area contributed by atoms with Gasteiger partial charge in [-0.2, -0.15) is 0 Å². The lowest BCUT2D eigenvalue weighted by Crippen LogP contribution is -2.28. The van der Waals surface area contributed by atoms with Crippen molar-refractivity contribution >= 4 is 5.91 Å². The Morgan fingerprint density at radius 3 is 2.64 bits per heavy atom. The van der Waals surface area contributed by atoms with E-state index in [9.17, 15) is 4.79 Å². The lowest BCUT2D eigenvalue weighted by Gasteiger charge is -2.23. The first kappa shape index (κ1) is 13.6. The second-order valence-electron chi connectivity index (χ2n) is 7.11.